The van der Waals surface area contributed by atoms with E-state index in [-0.39, 0.29) is 6.67 Å². The normalized spacial score (nSPS) is 10.6. The van der Waals surface area contributed by atoms with Crippen LogP contribution in [-0.4, -0.2) is 23.2 Å². The Labute approximate surface area is 101 Å². The maximum Gasteiger partial charge on any atom is 0.223 e. The molecule has 0 spiro atoms. The van der Waals surface area contributed by atoms with Gasteiger partial charge >= 0.3 is 0 Å². The van der Waals surface area contributed by atoms with Gasteiger partial charge in [-0.15, -0.1) is 0 Å². The molecule has 0 unspecified atom stereocenters. The van der Waals surface area contributed by atoms with Crippen LogP contribution in [0.25, 0.3) is 10.9 Å². The molecule has 0 aliphatic carbocycles. The summed E-state index contributed by atoms with van der Waals surface area (Å²) in [4.78, 5) is 8.50. The predicted molar refractivity (Wildman–Crippen MR) is 66.3 cm³/mol. The van der Waals surface area contributed by atoms with Gasteiger partial charge in [0.2, 0.25) is 5.95 Å². The molecule has 1 aromatic carbocycles. The fraction of sp³-hybridized carbons (Fsp3) is 0.273. The van der Waals surface area contributed by atoms with Crippen molar-refractivity contribution in [2.75, 3.05) is 18.5 Å². The fourth-order valence-corrected chi connectivity index (χ4v) is 1.83. The predicted octanol–water partition coefficient (Wildman–Crippen LogP) is 3.16. The Hall–Kier alpha value is -1.23. The zero-order valence-corrected chi connectivity index (χ0v) is 10.2. The van der Waals surface area contributed by atoms with Crippen LogP contribution in [-0.2, 0) is 0 Å². The van der Waals surface area contributed by atoms with E-state index in [0.29, 0.717) is 18.9 Å². The highest BCUT2D eigenvalue weighted by Crippen LogP contribution is 2.22. The smallest absolute Gasteiger partial charge is 0.223 e. The topological polar surface area (TPSA) is 37.8 Å². The fourth-order valence-electron chi connectivity index (χ4n) is 1.37. The van der Waals surface area contributed by atoms with Crippen molar-refractivity contribution >= 4 is 32.8 Å². The highest BCUT2D eigenvalue weighted by Gasteiger charge is 2.01. The third-order valence-electron chi connectivity index (χ3n) is 2.17. The number of alkyl halides is 1. The summed E-state index contributed by atoms with van der Waals surface area (Å²) in [5, 5.41) is 3.95. The molecule has 2 rings (SSSR count). The molecule has 16 heavy (non-hydrogen) atoms. The van der Waals surface area contributed by atoms with E-state index in [0.717, 1.165) is 15.4 Å². The van der Waals surface area contributed by atoms with Gasteiger partial charge in [0.05, 0.1) is 12.2 Å². The van der Waals surface area contributed by atoms with Gasteiger partial charge in [-0.05, 0) is 18.6 Å². The van der Waals surface area contributed by atoms with Crippen molar-refractivity contribution in [3.05, 3.63) is 28.9 Å². The molecule has 84 valence electrons. The van der Waals surface area contributed by atoms with Crippen LogP contribution in [0.3, 0.4) is 0 Å². The molecule has 0 aliphatic heterocycles. The first-order valence-corrected chi connectivity index (χ1v) is 5.81. The molecule has 0 amide bonds. The summed E-state index contributed by atoms with van der Waals surface area (Å²) in [6.45, 7) is 0.224. The number of anilines is 1. The molecule has 0 saturated heterocycles. The summed E-state index contributed by atoms with van der Waals surface area (Å²) in [5.74, 6) is 0.541. The summed E-state index contributed by atoms with van der Waals surface area (Å²) in [6.07, 6.45) is 2.23. The number of rotatable bonds is 4. The Morgan fingerprint density at radius 3 is 3.06 bits per heavy atom. The van der Waals surface area contributed by atoms with E-state index in [4.69, 9.17) is 0 Å². The standard InChI is InChI=1S/C11H11BrFN3/c12-9-3-1-4-10-8(9)7-15-11(16-10)14-6-2-5-13/h1,3-4,7H,2,5-6H2,(H,14,15,16). The Morgan fingerprint density at radius 2 is 2.25 bits per heavy atom. The molecule has 2 aromatic rings. The van der Waals surface area contributed by atoms with E-state index in [2.05, 4.69) is 31.2 Å². The summed E-state index contributed by atoms with van der Waals surface area (Å²) in [7, 11) is 0. The molecule has 1 aromatic heterocycles. The Balaban J connectivity index is 2.23. The minimum Gasteiger partial charge on any atom is -0.354 e. The molecule has 0 aliphatic rings. The lowest BCUT2D eigenvalue weighted by molar-refractivity contribution is 0.481. The summed E-state index contributed by atoms with van der Waals surface area (Å²) in [6, 6.07) is 5.79. The molecular formula is C11H11BrFN3. The number of hydrogen-bond donors (Lipinski definition) is 1. The number of halogens is 2. The largest absolute Gasteiger partial charge is 0.354 e. The molecule has 0 atom stereocenters. The molecule has 0 radical (unpaired) electrons. The number of hydrogen-bond acceptors (Lipinski definition) is 3. The van der Waals surface area contributed by atoms with Crippen molar-refractivity contribution in [2.24, 2.45) is 0 Å². The Kier molecular flexibility index (Phi) is 3.66. The Bertz CT molecular complexity index is 490. The van der Waals surface area contributed by atoms with Gasteiger partial charge in [0.1, 0.15) is 0 Å². The van der Waals surface area contributed by atoms with Gasteiger partial charge < -0.3 is 5.32 Å². The maximum atomic E-state index is 11.9. The summed E-state index contributed by atoms with van der Waals surface area (Å²) >= 11 is 3.44. The second-order valence-electron chi connectivity index (χ2n) is 3.34. The van der Waals surface area contributed by atoms with E-state index < -0.39 is 0 Å². The van der Waals surface area contributed by atoms with E-state index in [1.54, 1.807) is 6.20 Å². The SMILES string of the molecule is FCCCNc1ncc2c(Br)cccc2n1. The Morgan fingerprint density at radius 1 is 1.38 bits per heavy atom. The van der Waals surface area contributed by atoms with Crippen molar-refractivity contribution in [3.8, 4) is 0 Å². The van der Waals surface area contributed by atoms with Gasteiger partial charge in [0.25, 0.3) is 0 Å². The van der Waals surface area contributed by atoms with Crippen LogP contribution >= 0.6 is 15.9 Å². The van der Waals surface area contributed by atoms with Crippen LogP contribution in [0.5, 0.6) is 0 Å². The average Bonchev–Trinajstić information content (AvgIpc) is 2.30. The van der Waals surface area contributed by atoms with Crippen molar-refractivity contribution in [1.82, 2.24) is 9.97 Å². The highest BCUT2D eigenvalue weighted by atomic mass is 79.9. The van der Waals surface area contributed by atoms with Gasteiger partial charge in [0.15, 0.2) is 0 Å². The van der Waals surface area contributed by atoms with Crippen molar-refractivity contribution in [3.63, 3.8) is 0 Å². The second kappa shape index (κ2) is 5.21. The first-order valence-electron chi connectivity index (χ1n) is 5.02. The van der Waals surface area contributed by atoms with Gasteiger partial charge in [-0.25, -0.2) is 9.97 Å². The van der Waals surface area contributed by atoms with Crippen LogP contribution in [0.4, 0.5) is 10.3 Å². The first-order chi connectivity index (χ1) is 7.81. The monoisotopic (exact) mass is 283 g/mol. The van der Waals surface area contributed by atoms with Crippen LogP contribution in [0.15, 0.2) is 28.9 Å². The number of aromatic nitrogens is 2. The maximum absolute atomic E-state index is 11.9. The van der Waals surface area contributed by atoms with E-state index >= 15 is 0 Å². The van der Waals surface area contributed by atoms with E-state index in [9.17, 15) is 4.39 Å². The first kappa shape index (κ1) is 11.3. The van der Waals surface area contributed by atoms with Crippen molar-refractivity contribution in [2.45, 2.75) is 6.42 Å². The number of benzene rings is 1. The van der Waals surface area contributed by atoms with E-state index in [1.165, 1.54) is 0 Å². The van der Waals surface area contributed by atoms with Gasteiger partial charge in [-0.2, -0.15) is 0 Å². The molecule has 1 heterocycles. The summed E-state index contributed by atoms with van der Waals surface area (Å²) < 4.78 is 12.9. The third kappa shape index (κ3) is 2.47. The van der Waals surface area contributed by atoms with Crippen LogP contribution < -0.4 is 5.32 Å². The van der Waals surface area contributed by atoms with E-state index in [1.807, 2.05) is 18.2 Å². The quantitative estimate of drug-likeness (QED) is 0.876. The minimum absolute atomic E-state index is 0.327. The number of nitrogens with zero attached hydrogens (tertiary/aromatic N) is 2. The second-order valence-corrected chi connectivity index (χ2v) is 4.19. The summed E-state index contributed by atoms with van der Waals surface area (Å²) in [5.41, 5.74) is 0.868. The van der Waals surface area contributed by atoms with Crippen molar-refractivity contribution < 1.29 is 4.39 Å². The van der Waals surface area contributed by atoms with Crippen molar-refractivity contribution in [1.29, 1.82) is 0 Å². The molecular weight excluding hydrogens is 273 g/mol. The zero-order chi connectivity index (χ0) is 11.4. The molecule has 3 nitrogen and oxygen atoms in total. The zero-order valence-electron chi connectivity index (χ0n) is 8.58. The lowest BCUT2D eigenvalue weighted by atomic mass is 10.2. The van der Waals surface area contributed by atoms with Crippen LogP contribution in [0.1, 0.15) is 6.42 Å². The number of fused-ring (bicyclic) bond motifs is 1. The van der Waals surface area contributed by atoms with Crippen LogP contribution in [0, 0.1) is 0 Å². The lowest BCUT2D eigenvalue weighted by Crippen LogP contribution is -2.05. The molecule has 0 fully saturated rings. The highest BCUT2D eigenvalue weighted by molar-refractivity contribution is 9.10. The van der Waals surface area contributed by atoms with Crippen LogP contribution in [0.2, 0.25) is 0 Å². The number of nitrogens with one attached hydrogen (secondary N) is 1. The van der Waals surface area contributed by atoms with Gasteiger partial charge in [0, 0.05) is 22.6 Å². The lowest BCUT2D eigenvalue weighted by Gasteiger charge is -2.04. The average molecular weight is 284 g/mol. The molecule has 5 heteroatoms. The molecule has 0 bridgehead atoms. The molecule has 1 N–H and O–H groups in total. The molecule has 0 saturated carbocycles. The minimum atomic E-state index is -0.327. The van der Waals surface area contributed by atoms with Gasteiger partial charge in [-0.3, -0.25) is 4.39 Å². The van der Waals surface area contributed by atoms with Gasteiger partial charge in [-0.1, -0.05) is 22.0 Å². The third-order valence-corrected chi connectivity index (χ3v) is 2.86.